The topological polar surface area (TPSA) is 69.7 Å². The standard InChI is InChI=1S/C18H20ClN3O3S2/c19-14-2-1-3-16(8-14)27(24,25)20-9-18(23)22-11-15(12-22)21-6-4-17-13(10-21)5-7-26-17/h1-3,5,7-8,15,20H,4,6,9-12H2. The van der Waals surface area contributed by atoms with Crippen LogP contribution in [-0.4, -0.2) is 56.3 Å². The molecule has 3 heterocycles. The Morgan fingerprint density at radius 3 is 2.89 bits per heavy atom. The maximum absolute atomic E-state index is 12.3. The highest BCUT2D eigenvalue weighted by Crippen LogP contribution is 2.27. The average molecular weight is 426 g/mol. The van der Waals surface area contributed by atoms with Crippen LogP contribution >= 0.6 is 22.9 Å². The number of nitrogens with zero attached hydrogens (tertiary/aromatic N) is 2. The quantitative estimate of drug-likeness (QED) is 0.794. The lowest BCUT2D eigenvalue weighted by atomic mass is 10.0. The number of nitrogens with one attached hydrogen (secondary N) is 1. The van der Waals surface area contributed by atoms with E-state index in [1.165, 1.54) is 22.6 Å². The first-order chi connectivity index (χ1) is 12.9. The third kappa shape index (κ3) is 4.05. The van der Waals surface area contributed by atoms with E-state index < -0.39 is 10.0 Å². The molecular formula is C18H20ClN3O3S2. The molecule has 1 N–H and O–H groups in total. The first-order valence-corrected chi connectivity index (χ1v) is 11.5. The monoisotopic (exact) mass is 425 g/mol. The van der Waals surface area contributed by atoms with E-state index in [1.807, 2.05) is 11.3 Å². The van der Waals surface area contributed by atoms with E-state index in [-0.39, 0.29) is 17.3 Å². The van der Waals surface area contributed by atoms with Crippen LogP contribution in [0.1, 0.15) is 10.4 Å². The lowest BCUT2D eigenvalue weighted by molar-refractivity contribution is -0.137. The van der Waals surface area contributed by atoms with Crippen molar-refractivity contribution in [3.63, 3.8) is 0 Å². The van der Waals surface area contributed by atoms with E-state index in [4.69, 9.17) is 11.6 Å². The molecular weight excluding hydrogens is 406 g/mol. The predicted octanol–water partition coefficient (Wildman–Crippen LogP) is 1.95. The summed E-state index contributed by atoms with van der Waals surface area (Å²) in [5.41, 5.74) is 1.39. The van der Waals surface area contributed by atoms with Crippen molar-refractivity contribution in [1.82, 2.24) is 14.5 Å². The summed E-state index contributed by atoms with van der Waals surface area (Å²) < 4.78 is 26.9. The number of hydrogen-bond donors (Lipinski definition) is 1. The van der Waals surface area contributed by atoms with Gasteiger partial charge in [0, 0.05) is 42.1 Å². The number of thiophene rings is 1. The van der Waals surface area contributed by atoms with Gasteiger partial charge in [0.2, 0.25) is 15.9 Å². The van der Waals surface area contributed by atoms with Crippen LogP contribution in [0.2, 0.25) is 5.02 Å². The molecule has 1 amide bonds. The van der Waals surface area contributed by atoms with Gasteiger partial charge in [-0.3, -0.25) is 9.69 Å². The van der Waals surface area contributed by atoms with Gasteiger partial charge in [0.05, 0.1) is 11.4 Å². The number of hydrogen-bond acceptors (Lipinski definition) is 5. The molecule has 1 aromatic heterocycles. The van der Waals surface area contributed by atoms with E-state index in [9.17, 15) is 13.2 Å². The van der Waals surface area contributed by atoms with E-state index >= 15 is 0 Å². The molecule has 0 unspecified atom stereocenters. The lowest BCUT2D eigenvalue weighted by Gasteiger charge is -2.46. The minimum absolute atomic E-state index is 0.0594. The van der Waals surface area contributed by atoms with E-state index in [2.05, 4.69) is 21.1 Å². The number of likely N-dealkylation sites (tertiary alicyclic amines) is 1. The molecule has 0 radical (unpaired) electrons. The molecule has 6 nitrogen and oxygen atoms in total. The molecule has 9 heteroatoms. The Bertz CT molecular complexity index is 954. The Morgan fingerprint density at radius 2 is 2.11 bits per heavy atom. The molecule has 1 saturated heterocycles. The number of fused-ring (bicyclic) bond motifs is 1. The van der Waals surface area contributed by atoms with Crippen molar-refractivity contribution < 1.29 is 13.2 Å². The fourth-order valence-corrected chi connectivity index (χ4v) is 5.62. The van der Waals surface area contributed by atoms with Crippen LogP contribution in [0.25, 0.3) is 0 Å². The number of amides is 1. The Labute approximate surface area is 167 Å². The SMILES string of the molecule is O=C(CNS(=O)(=O)c1cccc(Cl)c1)N1CC(N2CCc3sccc3C2)C1. The largest absolute Gasteiger partial charge is 0.338 e. The second-order valence-electron chi connectivity index (χ2n) is 6.82. The second-order valence-corrected chi connectivity index (χ2v) is 10.0. The molecule has 1 fully saturated rings. The number of sulfonamides is 1. The van der Waals surface area contributed by atoms with Crippen molar-refractivity contribution in [2.24, 2.45) is 0 Å². The molecule has 2 aromatic rings. The van der Waals surface area contributed by atoms with E-state index in [1.54, 1.807) is 17.0 Å². The third-order valence-corrected chi connectivity index (χ3v) is 7.75. The zero-order valence-electron chi connectivity index (χ0n) is 14.6. The number of carbonyl (C=O) groups is 1. The summed E-state index contributed by atoms with van der Waals surface area (Å²) in [5, 5.41) is 2.47. The fraction of sp³-hybridized carbons (Fsp3) is 0.389. The van der Waals surface area contributed by atoms with Gasteiger partial charge in [-0.2, -0.15) is 0 Å². The summed E-state index contributed by atoms with van der Waals surface area (Å²) in [6.45, 7) is 3.01. The molecule has 0 bridgehead atoms. The first kappa shape index (κ1) is 18.9. The summed E-state index contributed by atoms with van der Waals surface area (Å²) in [5.74, 6) is -0.204. The molecule has 2 aliphatic rings. The first-order valence-electron chi connectivity index (χ1n) is 8.75. The fourth-order valence-electron chi connectivity index (χ4n) is 3.46. The van der Waals surface area contributed by atoms with Crippen molar-refractivity contribution in [3.05, 3.63) is 51.2 Å². The molecule has 4 rings (SSSR count). The second kappa shape index (κ2) is 7.52. The third-order valence-electron chi connectivity index (χ3n) is 5.09. The Hall–Kier alpha value is -1.45. The Kier molecular flexibility index (Phi) is 5.26. The van der Waals surface area contributed by atoms with Crippen molar-refractivity contribution in [2.75, 3.05) is 26.2 Å². The Balaban J connectivity index is 1.27. The van der Waals surface area contributed by atoms with Crippen molar-refractivity contribution >= 4 is 38.9 Å². The molecule has 0 spiro atoms. The highest BCUT2D eigenvalue weighted by Gasteiger charge is 2.36. The smallest absolute Gasteiger partial charge is 0.241 e. The van der Waals surface area contributed by atoms with Crippen LogP contribution in [-0.2, 0) is 27.8 Å². The van der Waals surface area contributed by atoms with Crippen LogP contribution in [0, 0.1) is 0 Å². The van der Waals surface area contributed by atoms with E-state index in [0.29, 0.717) is 24.2 Å². The highest BCUT2D eigenvalue weighted by atomic mass is 35.5. The molecule has 2 aliphatic heterocycles. The van der Waals surface area contributed by atoms with Gasteiger partial charge in [-0.1, -0.05) is 17.7 Å². The van der Waals surface area contributed by atoms with Gasteiger partial charge in [0.1, 0.15) is 0 Å². The maximum atomic E-state index is 12.3. The molecule has 1 aromatic carbocycles. The van der Waals surface area contributed by atoms with Gasteiger partial charge in [0.25, 0.3) is 0 Å². The molecule has 144 valence electrons. The Morgan fingerprint density at radius 1 is 1.30 bits per heavy atom. The van der Waals surface area contributed by atoms with Crippen molar-refractivity contribution in [1.29, 1.82) is 0 Å². The van der Waals surface area contributed by atoms with Gasteiger partial charge in [-0.25, -0.2) is 13.1 Å². The van der Waals surface area contributed by atoms with Gasteiger partial charge < -0.3 is 4.90 Å². The van der Waals surface area contributed by atoms with Gasteiger partial charge >= 0.3 is 0 Å². The maximum Gasteiger partial charge on any atom is 0.241 e. The average Bonchev–Trinajstić information content (AvgIpc) is 3.07. The normalized spacial score (nSPS) is 18.2. The minimum atomic E-state index is -3.75. The number of rotatable bonds is 5. The predicted molar refractivity (Wildman–Crippen MR) is 105 cm³/mol. The zero-order chi connectivity index (χ0) is 19.0. The molecule has 0 aliphatic carbocycles. The van der Waals surface area contributed by atoms with Crippen LogP contribution < -0.4 is 4.72 Å². The van der Waals surface area contributed by atoms with Crippen LogP contribution in [0.5, 0.6) is 0 Å². The molecule has 0 saturated carbocycles. The van der Waals surface area contributed by atoms with E-state index in [0.717, 1.165) is 19.5 Å². The van der Waals surface area contributed by atoms with Crippen molar-refractivity contribution in [2.45, 2.75) is 23.9 Å². The minimum Gasteiger partial charge on any atom is -0.338 e. The van der Waals surface area contributed by atoms with Crippen LogP contribution in [0.15, 0.2) is 40.6 Å². The molecule has 27 heavy (non-hydrogen) atoms. The zero-order valence-corrected chi connectivity index (χ0v) is 17.0. The number of benzene rings is 1. The summed E-state index contributed by atoms with van der Waals surface area (Å²) in [6, 6.07) is 8.52. The summed E-state index contributed by atoms with van der Waals surface area (Å²) in [7, 11) is -3.75. The highest BCUT2D eigenvalue weighted by molar-refractivity contribution is 7.89. The number of halogens is 1. The summed E-state index contributed by atoms with van der Waals surface area (Å²) in [4.78, 5) is 18.0. The summed E-state index contributed by atoms with van der Waals surface area (Å²) in [6.07, 6.45) is 1.07. The van der Waals surface area contributed by atoms with Crippen LogP contribution in [0.4, 0.5) is 0 Å². The van der Waals surface area contributed by atoms with Crippen LogP contribution in [0.3, 0.4) is 0 Å². The number of carbonyl (C=O) groups excluding carboxylic acids is 1. The van der Waals surface area contributed by atoms with Crippen molar-refractivity contribution in [3.8, 4) is 0 Å². The van der Waals surface area contributed by atoms with Gasteiger partial charge in [0.15, 0.2) is 0 Å². The van der Waals surface area contributed by atoms with Gasteiger partial charge in [-0.05, 0) is 41.6 Å². The van der Waals surface area contributed by atoms with Gasteiger partial charge in [-0.15, -0.1) is 11.3 Å². The molecule has 0 atom stereocenters. The summed E-state index contributed by atoms with van der Waals surface area (Å²) >= 11 is 7.65. The lowest BCUT2D eigenvalue weighted by Crippen LogP contribution is -2.62.